The van der Waals surface area contributed by atoms with E-state index in [1.807, 2.05) is 20.8 Å². The fourth-order valence-corrected chi connectivity index (χ4v) is 1.43. The van der Waals surface area contributed by atoms with E-state index in [0.29, 0.717) is 6.42 Å². The maximum absolute atomic E-state index is 8.68. The largest absolute Gasteiger partial charge is 0.396 e. The number of hydrogen-bond donors (Lipinski definition) is 1. The van der Waals surface area contributed by atoms with E-state index in [1.54, 1.807) is 0 Å². The molecule has 1 aliphatic heterocycles. The van der Waals surface area contributed by atoms with E-state index in [9.17, 15) is 0 Å². The van der Waals surface area contributed by atoms with Gasteiger partial charge in [0.05, 0.1) is 12.2 Å². The van der Waals surface area contributed by atoms with Crippen LogP contribution in [-0.4, -0.2) is 29.7 Å². The molecule has 0 aromatic heterocycles. The molecular weight excluding hydrogens is 144 g/mol. The third kappa shape index (κ3) is 2.15. The fraction of sp³-hybridized carbons (Fsp3) is 1.00. The van der Waals surface area contributed by atoms with Gasteiger partial charge in [0.2, 0.25) is 0 Å². The van der Waals surface area contributed by atoms with Crippen LogP contribution in [0.4, 0.5) is 0 Å². The van der Waals surface area contributed by atoms with Crippen LogP contribution in [0.1, 0.15) is 27.2 Å². The highest BCUT2D eigenvalue weighted by atomic mass is 16.7. The van der Waals surface area contributed by atoms with Crippen LogP contribution in [0.5, 0.6) is 0 Å². The molecule has 3 nitrogen and oxygen atoms in total. The summed E-state index contributed by atoms with van der Waals surface area (Å²) in [6.07, 6.45) is 0.803. The summed E-state index contributed by atoms with van der Waals surface area (Å²) >= 11 is 0. The molecule has 1 rings (SSSR count). The van der Waals surface area contributed by atoms with Gasteiger partial charge in [0, 0.05) is 6.61 Å². The van der Waals surface area contributed by atoms with Crippen molar-refractivity contribution in [2.45, 2.75) is 45.2 Å². The lowest BCUT2D eigenvalue weighted by atomic mass is 10.2. The first-order chi connectivity index (χ1) is 5.05. The molecule has 2 unspecified atom stereocenters. The van der Waals surface area contributed by atoms with Gasteiger partial charge in [0.1, 0.15) is 0 Å². The highest BCUT2D eigenvalue weighted by molar-refractivity contribution is 4.77. The van der Waals surface area contributed by atoms with Crippen molar-refractivity contribution in [2.75, 3.05) is 6.61 Å². The maximum atomic E-state index is 8.68. The van der Waals surface area contributed by atoms with Gasteiger partial charge in [-0.2, -0.15) is 0 Å². The Bertz CT molecular complexity index is 133. The van der Waals surface area contributed by atoms with E-state index in [-0.39, 0.29) is 18.8 Å². The standard InChI is InChI=1S/C8H16O3/c1-6-7(4-5-9)11-8(2,3)10-6/h6-7,9H,4-5H2,1-3H3. The van der Waals surface area contributed by atoms with Crippen LogP contribution in [-0.2, 0) is 9.47 Å². The normalized spacial score (nSPS) is 36.0. The molecule has 0 amide bonds. The molecular formula is C8H16O3. The van der Waals surface area contributed by atoms with Crippen LogP contribution in [0, 0.1) is 0 Å². The molecule has 0 aromatic carbocycles. The highest BCUT2D eigenvalue weighted by Gasteiger charge is 2.37. The average molecular weight is 160 g/mol. The van der Waals surface area contributed by atoms with E-state index >= 15 is 0 Å². The van der Waals surface area contributed by atoms with Gasteiger partial charge in [-0.05, 0) is 27.2 Å². The first-order valence-corrected chi connectivity index (χ1v) is 4.01. The lowest BCUT2D eigenvalue weighted by Crippen LogP contribution is -2.22. The number of rotatable bonds is 2. The highest BCUT2D eigenvalue weighted by Crippen LogP contribution is 2.29. The minimum absolute atomic E-state index is 0.0509. The van der Waals surface area contributed by atoms with Crippen LogP contribution in [0.3, 0.4) is 0 Å². The zero-order valence-corrected chi connectivity index (χ0v) is 7.33. The van der Waals surface area contributed by atoms with Crippen LogP contribution < -0.4 is 0 Å². The molecule has 2 atom stereocenters. The second-order valence-corrected chi connectivity index (χ2v) is 3.39. The van der Waals surface area contributed by atoms with Crippen LogP contribution in [0.25, 0.3) is 0 Å². The Balaban J connectivity index is 2.45. The molecule has 0 radical (unpaired) electrons. The molecule has 1 fully saturated rings. The van der Waals surface area contributed by atoms with Crippen molar-refractivity contribution in [3.63, 3.8) is 0 Å². The van der Waals surface area contributed by atoms with Crippen LogP contribution in [0.2, 0.25) is 0 Å². The third-order valence-corrected chi connectivity index (χ3v) is 1.84. The van der Waals surface area contributed by atoms with Gasteiger partial charge in [-0.1, -0.05) is 0 Å². The third-order valence-electron chi connectivity index (χ3n) is 1.84. The van der Waals surface area contributed by atoms with Gasteiger partial charge in [0.15, 0.2) is 5.79 Å². The summed E-state index contributed by atoms with van der Waals surface area (Å²) in [6.45, 7) is 5.91. The summed E-state index contributed by atoms with van der Waals surface area (Å²) in [4.78, 5) is 0. The fourth-order valence-electron chi connectivity index (χ4n) is 1.43. The van der Waals surface area contributed by atoms with E-state index in [4.69, 9.17) is 14.6 Å². The molecule has 0 saturated carbocycles. The quantitative estimate of drug-likeness (QED) is 0.652. The summed E-state index contributed by atoms with van der Waals surface area (Å²) in [5.74, 6) is -0.473. The smallest absolute Gasteiger partial charge is 0.163 e. The molecule has 1 N–H and O–H groups in total. The maximum Gasteiger partial charge on any atom is 0.163 e. The molecule has 1 heterocycles. The van der Waals surface area contributed by atoms with Crippen molar-refractivity contribution < 1.29 is 14.6 Å². The average Bonchev–Trinajstić information content (AvgIpc) is 2.07. The van der Waals surface area contributed by atoms with Gasteiger partial charge >= 0.3 is 0 Å². The number of hydrogen-bond acceptors (Lipinski definition) is 3. The Kier molecular flexibility index (Phi) is 2.52. The van der Waals surface area contributed by atoms with Crippen molar-refractivity contribution >= 4 is 0 Å². The Hall–Kier alpha value is -0.120. The molecule has 0 spiro atoms. The Morgan fingerprint density at radius 3 is 2.36 bits per heavy atom. The van der Waals surface area contributed by atoms with Gasteiger partial charge in [0.25, 0.3) is 0 Å². The molecule has 11 heavy (non-hydrogen) atoms. The lowest BCUT2D eigenvalue weighted by molar-refractivity contribution is -0.145. The van der Waals surface area contributed by atoms with E-state index in [0.717, 1.165) is 0 Å². The van der Waals surface area contributed by atoms with Crippen molar-refractivity contribution in [1.82, 2.24) is 0 Å². The predicted octanol–water partition coefficient (Wildman–Crippen LogP) is 0.909. The molecule has 0 bridgehead atoms. The van der Waals surface area contributed by atoms with Crippen molar-refractivity contribution in [3.8, 4) is 0 Å². The Morgan fingerprint density at radius 1 is 1.36 bits per heavy atom. The molecule has 66 valence electrons. The van der Waals surface area contributed by atoms with Crippen molar-refractivity contribution in [1.29, 1.82) is 0 Å². The minimum Gasteiger partial charge on any atom is -0.396 e. The van der Waals surface area contributed by atoms with Crippen LogP contribution >= 0.6 is 0 Å². The summed E-state index contributed by atoms with van der Waals surface area (Å²) in [7, 11) is 0. The Morgan fingerprint density at radius 2 is 2.00 bits per heavy atom. The first-order valence-electron chi connectivity index (χ1n) is 4.01. The van der Waals surface area contributed by atoms with E-state index in [2.05, 4.69) is 0 Å². The van der Waals surface area contributed by atoms with Crippen LogP contribution in [0.15, 0.2) is 0 Å². The second kappa shape index (κ2) is 3.09. The summed E-state index contributed by atoms with van der Waals surface area (Å²) in [5, 5.41) is 8.68. The first kappa shape index (κ1) is 8.97. The predicted molar refractivity (Wildman–Crippen MR) is 41.2 cm³/mol. The van der Waals surface area contributed by atoms with E-state index < -0.39 is 5.79 Å². The summed E-state index contributed by atoms with van der Waals surface area (Å²) in [5.41, 5.74) is 0. The van der Waals surface area contributed by atoms with E-state index in [1.165, 1.54) is 0 Å². The molecule has 3 heteroatoms. The SMILES string of the molecule is CC1OC(C)(C)OC1CCO. The zero-order chi connectivity index (χ0) is 8.48. The summed E-state index contributed by atoms with van der Waals surface area (Å²) < 4.78 is 11.0. The Labute approximate surface area is 67.3 Å². The monoisotopic (exact) mass is 160 g/mol. The molecule has 1 saturated heterocycles. The molecule has 0 aromatic rings. The van der Waals surface area contributed by atoms with Gasteiger partial charge < -0.3 is 14.6 Å². The number of ether oxygens (including phenoxy) is 2. The van der Waals surface area contributed by atoms with Gasteiger partial charge in [-0.15, -0.1) is 0 Å². The topological polar surface area (TPSA) is 38.7 Å². The number of aliphatic hydroxyl groups is 1. The second-order valence-electron chi connectivity index (χ2n) is 3.39. The number of aliphatic hydroxyl groups excluding tert-OH is 1. The molecule has 0 aliphatic carbocycles. The van der Waals surface area contributed by atoms with Gasteiger partial charge in [-0.3, -0.25) is 0 Å². The van der Waals surface area contributed by atoms with Crippen molar-refractivity contribution in [2.24, 2.45) is 0 Å². The summed E-state index contributed by atoms with van der Waals surface area (Å²) in [6, 6.07) is 0. The minimum atomic E-state index is -0.473. The van der Waals surface area contributed by atoms with Gasteiger partial charge in [-0.25, -0.2) is 0 Å². The zero-order valence-electron chi connectivity index (χ0n) is 7.33. The molecule has 1 aliphatic rings. The van der Waals surface area contributed by atoms with Crippen molar-refractivity contribution in [3.05, 3.63) is 0 Å². The lowest BCUT2D eigenvalue weighted by Gasteiger charge is -2.16.